The van der Waals surface area contributed by atoms with Crippen LogP contribution in [0.1, 0.15) is 19.8 Å². The molecule has 1 saturated heterocycles. The number of hydrogen-bond acceptors (Lipinski definition) is 4. The van der Waals surface area contributed by atoms with Crippen molar-refractivity contribution in [2.45, 2.75) is 38.0 Å². The molecule has 0 bridgehead atoms. The van der Waals surface area contributed by atoms with Crippen LogP contribution in [0.2, 0.25) is 0 Å². The van der Waals surface area contributed by atoms with E-state index in [2.05, 4.69) is 15.3 Å². The number of nitrogens with zero attached hydrogens (tertiary/aromatic N) is 3. The molecule has 0 aromatic carbocycles. The van der Waals surface area contributed by atoms with E-state index in [1.165, 1.54) is 0 Å². The molecule has 7 nitrogen and oxygen atoms in total. The van der Waals surface area contributed by atoms with E-state index < -0.39 is 12.0 Å². The van der Waals surface area contributed by atoms with Gasteiger partial charge in [-0.15, -0.1) is 0 Å². The molecule has 3 unspecified atom stereocenters. The summed E-state index contributed by atoms with van der Waals surface area (Å²) in [4.78, 5) is 13.6. The molecule has 0 saturated carbocycles. The van der Waals surface area contributed by atoms with Gasteiger partial charge in [0.1, 0.15) is 6.04 Å². The van der Waals surface area contributed by atoms with E-state index in [1.807, 2.05) is 6.92 Å². The molecule has 2 N–H and O–H groups in total. The number of carbonyl (C=O) groups is 1. The van der Waals surface area contributed by atoms with E-state index >= 15 is 0 Å². The molecule has 1 aliphatic heterocycles. The highest BCUT2D eigenvalue weighted by molar-refractivity contribution is 5.74. The van der Waals surface area contributed by atoms with Crippen molar-refractivity contribution in [2.24, 2.45) is 5.11 Å². The van der Waals surface area contributed by atoms with Crippen LogP contribution in [0.4, 0.5) is 0 Å². The second-order valence-electron chi connectivity index (χ2n) is 3.79. The van der Waals surface area contributed by atoms with Gasteiger partial charge in [-0.05, 0) is 25.3 Å². The van der Waals surface area contributed by atoms with Gasteiger partial charge in [0, 0.05) is 18.0 Å². The molecule has 1 rings (SSSR count). The topological polar surface area (TPSA) is 107 Å². The number of azide groups is 1. The zero-order chi connectivity index (χ0) is 12.0. The van der Waals surface area contributed by atoms with E-state index in [0.717, 1.165) is 12.8 Å². The van der Waals surface area contributed by atoms with Crippen LogP contribution >= 0.6 is 0 Å². The van der Waals surface area contributed by atoms with Crippen LogP contribution in [0.5, 0.6) is 0 Å². The molecule has 0 amide bonds. The smallest absolute Gasteiger partial charge is 0.323 e. The Morgan fingerprint density at radius 2 is 2.50 bits per heavy atom. The van der Waals surface area contributed by atoms with Gasteiger partial charge >= 0.3 is 5.97 Å². The molecule has 1 aliphatic rings. The minimum absolute atomic E-state index is 0.116. The molecule has 1 heterocycles. The summed E-state index contributed by atoms with van der Waals surface area (Å²) in [5, 5.41) is 15.2. The highest BCUT2D eigenvalue weighted by Gasteiger charge is 2.33. The quantitative estimate of drug-likeness (QED) is 0.305. The maximum atomic E-state index is 11.0. The van der Waals surface area contributed by atoms with Gasteiger partial charge in [0.2, 0.25) is 0 Å². The molecule has 16 heavy (non-hydrogen) atoms. The predicted molar refractivity (Wildman–Crippen MR) is 57.0 cm³/mol. The Morgan fingerprint density at radius 3 is 3.00 bits per heavy atom. The fourth-order valence-electron chi connectivity index (χ4n) is 1.77. The lowest BCUT2D eigenvalue weighted by atomic mass is 10.1. The fraction of sp³-hybridized carbons (Fsp3) is 0.889. The first-order chi connectivity index (χ1) is 7.65. The van der Waals surface area contributed by atoms with Gasteiger partial charge in [-0.1, -0.05) is 5.11 Å². The molecular weight excluding hydrogens is 212 g/mol. The summed E-state index contributed by atoms with van der Waals surface area (Å²) in [5.41, 5.74) is 8.08. The van der Waals surface area contributed by atoms with E-state index in [1.54, 1.807) is 0 Å². The van der Waals surface area contributed by atoms with Crippen LogP contribution in [-0.2, 0) is 9.53 Å². The number of ether oxygens (including phenoxy) is 1. The van der Waals surface area contributed by atoms with E-state index in [9.17, 15) is 4.79 Å². The first-order valence-electron chi connectivity index (χ1n) is 5.27. The number of rotatable bonds is 6. The van der Waals surface area contributed by atoms with Crippen molar-refractivity contribution in [1.29, 1.82) is 0 Å². The standard InChI is InChI=1S/C9H16N4O3/c1-6-2-3-7(16-6)8(9(14)15)11-4-5-12-13-10/h6-8,11H,2-5H2,1H3,(H,14,15). The molecule has 0 radical (unpaired) electrons. The third kappa shape index (κ3) is 3.69. The lowest BCUT2D eigenvalue weighted by Crippen LogP contribution is -2.46. The first-order valence-corrected chi connectivity index (χ1v) is 5.27. The number of nitrogens with one attached hydrogen (secondary N) is 1. The van der Waals surface area contributed by atoms with Gasteiger partial charge < -0.3 is 15.2 Å². The normalized spacial score (nSPS) is 26.1. The van der Waals surface area contributed by atoms with Crippen molar-refractivity contribution in [3.8, 4) is 0 Å². The maximum absolute atomic E-state index is 11.0. The Hall–Kier alpha value is -1.30. The molecule has 1 fully saturated rings. The van der Waals surface area contributed by atoms with Crippen LogP contribution in [0.3, 0.4) is 0 Å². The van der Waals surface area contributed by atoms with Crippen molar-refractivity contribution < 1.29 is 14.6 Å². The Kier molecular flexibility index (Phi) is 5.04. The van der Waals surface area contributed by atoms with Crippen LogP contribution in [0.15, 0.2) is 5.11 Å². The number of carboxylic acids is 1. The Bertz CT molecular complexity index is 290. The second kappa shape index (κ2) is 6.32. The third-order valence-corrected chi connectivity index (χ3v) is 2.54. The molecule has 90 valence electrons. The summed E-state index contributed by atoms with van der Waals surface area (Å²) in [6, 6.07) is -0.723. The Morgan fingerprint density at radius 1 is 1.75 bits per heavy atom. The largest absolute Gasteiger partial charge is 0.480 e. The van der Waals surface area contributed by atoms with Crippen LogP contribution < -0.4 is 5.32 Å². The van der Waals surface area contributed by atoms with Gasteiger partial charge in [-0.25, -0.2) is 0 Å². The van der Waals surface area contributed by atoms with Crippen LogP contribution in [0, 0.1) is 0 Å². The predicted octanol–water partition coefficient (Wildman–Crippen LogP) is 0.907. The van der Waals surface area contributed by atoms with Gasteiger partial charge in [-0.3, -0.25) is 4.79 Å². The van der Waals surface area contributed by atoms with Gasteiger partial charge in [-0.2, -0.15) is 0 Å². The third-order valence-electron chi connectivity index (χ3n) is 2.54. The zero-order valence-electron chi connectivity index (χ0n) is 9.17. The molecular formula is C9H16N4O3. The SMILES string of the molecule is CC1CCC(C(NCCN=[N+]=[N-])C(=O)O)O1. The summed E-state index contributed by atoms with van der Waals surface area (Å²) in [5.74, 6) is -0.931. The zero-order valence-corrected chi connectivity index (χ0v) is 9.17. The van der Waals surface area contributed by atoms with E-state index in [0.29, 0.717) is 6.54 Å². The molecule has 0 aromatic rings. The minimum atomic E-state index is -0.931. The van der Waals surface area contributed by atoms with Gasteiger partial charge in [0.15, 0.2) is 0 Å². The number of aliphatic carboxylic acids is 1. The van der Waals surface area contributed by atoms with E-state index in [-0.39, 0.29) is 18.8 Å². The Labute approximate surface area is 93.4 Å². The minimum Gasteiger partial charge on any atom is -0.480 e. The summed E-state index contributed by atoms with van der Waals surface area (Å²) < 4.78 is 5.49. The van der Waals surface area contributed by atoms with Crippen molar-refractivity contribution in [2.75, 3.05) is 13.1 Å². The lowest BCUT2D eigenvalue weighted by Gasteiger charge is -2.20. The average molecular weight is 228 g/mol. The average Bonchev–Trinajstić information content (AvgIpc) is 2.64. The number of carboxylic acid groups (broad SMARTS) is 1. The highest BCUT2D eigenvalue weighted by atomic mass is 16.5. The Balaban J connectivity index is 2.41. The number of hydrogen-bond donors (Lipinski definition) is 2. The van der Waals surface area contributed by atoms with Crippen molar-refractivity contribution >= 4 is 5.97 Å². The van der Waals surface area contributed by atoms with Crippen molar-refractivity contribution in [1.82, 2.24) is 5.32 Å². The van der Waals surface area contributed by atoms with Gasteiger partial charge in [0.25, 0.3) is 0 Å². The molecule has 3 atom stereocenters. The fourth-order valence-corrected chi connectivity index (χ4v) is 1.77. The van der Waals surface area contributed by atoms with Crippen LogP contribution in [-0.4, -0.2) is 42.4 Å². The monoisotopic (exact) mass is 228 g/mol. The van der Waals surface area contributed by atoms with Crippen molar-refractivity contribution in [3.63, 3.8) is 0 Å². The maximum Gasteiger partial charge on any atom is 0.323 e. The summed E-state index contributed by atoms with van der Waals surface area (Å²) in [6.45, 7) is 2.51. The first kappa shape index (κ1) is 12.8. The van der Waals surface area contributed by atoms with Gasteiger partial charge in [0.05, 0.1) is 12.2 Å². The molecule has 7 heteroatoms. The summed E-state index contributed by atoms with van der Waals surface area (Å²) in [6.07, 6.45) is 1.45. The van der Waals surface area contributed by atoms with Crippen LogP contribution in [0.25, 0.3) is 10.4 Å². The molecule has 0 aromatic heterocycles. The van der Waals surface area contributed by atoms with E-state index in [4.69, 9.17) is 15.4 Å². The summed E-state index contributed by atoms with van der Waals surface area (Å²) >= 11 is 0. The molecule has 0 aliphatic carbocycles. The molecule has 0 spiro atoms. The lowest BCUT2D eigenvalue weighted by molar-refractivity contribution is -0.143. The summed E-state index contributed by atoms with van der Waals surface area (Å²) in [7, 11) is 0. The van der Waals surface area contributed by atoms with Crippen molar-refractivity contribution in [3.05, 3.63) is 10.4 Å². The highest BCUT2D eigenvalue weighted by Crippen LogP contribution is 2.21. The second-order valence-corrected chi connectivity index (χ2v) is 3.79.